The van der Waals surface area contributed by atoms with Crippen molar-refractivity contribution in [3.05, 3.63) is 70.6 Å². The molecule has 3 heterocycles. The van der Waals surface area contributed by atoms with Crippen LogP contribution < -0.4 is 15.4 Å². The lowest BCUT2D eigenvalue weighted by Gasteiger charge is -2.44. The van der Waals surface area contributed by atoms with Gasteiger partial charge in [0.25, 0.3) is 5.91 Å². The van der Waals surface area contributed by atoms with Crippen molar-refractivity contribution < 1.29 is 18.7 Å². The molecule has 160 valence electrons. The van der Waals surface area contributed by atoms with Crippen LogP contribution >= 0.6 is 0 Å². The van der Waals surface area contributed by atoms with Crippen LogP contribution in [-0.2, 0) is 16.0 Å². The molecule has 3 aliphatic rings. The second-order valence-corrected chi connectivity index (χ2v) is 9.62. The van der Waals surface area contributed by atoms with E-state index in [1.165, 1.54) is 0 Å². The first-order valence-electron chi connectivity index (χ1n) is 10.3. The third kappa shape index (κ3) is 4.07. The molecule has 8 heteroatoms. The Morgan fingerprint density at radius 3 is 2.68 bits per heavy atom. The Labute approximate surface area is 183 Å². The quantitative estimate of drug-likeness (QED) is 0.332. The van der Waals surface area contributed by atoms with Crippen molar-refractivity contribution in [3.8, 4) is 5.75 Å². The molecule has 0 bridgehead atoms. The Hall–Kier alpha value is -2.78. The van der Waals surface area contributed by atoms with E-state index in [1.54, 1.807) is 0 Å². The molecule has 0 aromatic heterocycles. The predicted octanol–water partition coefficient (Wildman–Crippen LogP) is 2.94. The van der Waals surface area contributed by atoms with Crippen LogP contribution in [-0.4, -0.2) is 52.9 Å². The van der Waals surface area contributed by atoms with Gasteiger partial charge >= 0.3 is 0 Å². The van der Waals surface area contributed by atoms with E-state index in [1.807, 2.05) is 54.6 Å². The van der Waals surface area contributed by atoms with Crippen LogP contribution in [0.1, 0.15) is 11.1 Å². The molecule has 0 spiro atoms. The number of nitrogens with zero attached hydrogens (tertiary/aromatic N) is 1. The second-order valence-electron chi connectivity index (χ2n) is 7.92. The highest BCUT2D eigenvalue weighted by atomic mass is 32.2. The first-order chi connectivity index (χ1) is 15.0. The molecule has 3 aliphatic heterocycles. The van der Waals surface area contributed by atoms with Crippen molar-refractivity contribution in [3.63, 3.8) is 0 Å². The molecular weight excluding hydrogens is 414 g/mol. The molecule has 2 aromatic rings. The molecule has 2 N–H and O–H groups in total. The summed E-state index contributed by atoms with van der Waals surface area (Å²) in [6, 6.07) is 13.3. The fraction of sp³-hybridized carbons (Fsp3) is 0.261. The number of hydroxylamine groups is 3. The lowest BCUT2D eigenvalue weighted by Crippen LogP contribution is -2.54. The van der Waals surface area contributed by atoms with Crippen molar-refractivity contribution in [2.75, 3.05) is 48.4 Å². The topological polar surface area (TPSA) is 96.5 Å². The molecule has 0 radical (unpaired) electrons. The molecule has 0 saturated carbocycles. The van der Waals surface area contributed by atoms with Crippen molar-refractivity contribution in [2.24, 2.45) is 0 Å². The zero-order valence-electron chi connectivity index (χ0n) is 16.9. The summed E-state index contributed by atoms with van der Waals surface area (Å²) in [5.41, 5.74) is 4.93. The number of hydrogen-bond acceptors (Lipinski definition) is 5. The number of ether oxygens (including phenoxy) is 1. The molecule has 1 fully saturated rings. The summed E-state index contributed by atoms with van der Waals surface area (Å²) in [5, 5.41) is 18.9. The smallest absolute Gasteiger partial charge is 0.258 e. The average molecular weight is 438 g/mol. The summed E-state index contributed by atoms with van der Waals surface area (Å²) in [4.78, 5) is 12.5. The third-order valence-electron chi connectivity index (χ3n) is 5.88. The van der Waals surface area contributed by atoms with E-state index in [0.29, 0.717) is 49.1 Å². The number of rotatable bonds is 4. The van der Waals surface area contributed by atoms with E-state index in [-0.39, 0.29) is 10.6 Å². The summed E-state index contributed by atoms with van der Waals surface area (Å²) in [5.74, 6) is 1.52. The molecule has 5 rings (SSSR count). The zero-order chi connectivity index (χ0) is 21.4. The maximum absolute atomic E-state index is 12.6. The van der Waals surface area contributed by atoms with Gasteiger partial charge in [0.05, 0.1) is 11.3 Å². The highest BCUT2D eigenvalue weighted by Gasteiger charge is 2.29. The molecular formula is C23H23N3O4S. The van der Waals surface area contributed by atoms with Crippen molar-refractivity contribution in [1.29, 1.82) is 0 Å². The van der Waals surface area contributed by atoms with Crippen LogP contribution in [0.25, 0.3) is 11.6 Å². The Morgan fingerprint density at radius 1 is 1.03 bits per heavy atom. The maximum atomic E-state index is 12.6. The molecule has 1 amide bonds. The van der Waals surface area contributed by atoms with Gasteiger partial charge in [0, 0.05) is 22.5 Å². The minimum Gasteiger partial charge on any atom is -0.632 e. The van der Waals surface area contributed by atoms with Crippen LogP contribution in [0.2, 0.25) is 0 Å². The lowest BCUT2D eigenvalue weighted by molar-refractivity contribution is -0.877. The van der Waals surface area contributed by atoms with Gasteiger partial charge in [-0.3, -0.25) is 4.79 Å². The monoisotopic (exact) mass is 437 g/mol. The summed E-state index contributed by atoms with van der Waals surface area (Å²) in [6.45, 7) is 1.45. The molecule has 7 nitrogen and oxygen atoms in total. The Bertz CT molecular complexity index is 1090. The van der Waals surface area contributed by atoms with Gasteiger partial charge in [-0.2, -0.15) is 0 Å². The number of carbonyl (C=O) groups is 1. The van der Waals surface area contributed by atoms with Gasteiger partial charge in [-0.05, 0) is 41.5 Å². The molecule has 1 saturated heterocycles. The number of allylic oxidation sites excluding steroid dienone is 1. The minimum absolute atomic E-state index is 0.118. The summed E-state index contributed by atoms with van der Waals surface area (Å²) in [7, 11) is 0. The van der Waals surface area contributed by atoms with Crippen molar-refractivity contribution in [1.82, 2.24) is 0 Å². The first kappa shape index (κ1) is 20.1. The van der Waals surface area contributed by atoms with Crippen LogP contribution in [0.3, 0.4) is 0 Å². The van der Waals surface area contributed by atoms with E-state index in [4.69, 9.17) is 4.74 Å². The Balaban J connectivity index is 1.28. The van der Waals surface area contributed by atoms with Gasteiger partial charge in [0.15, 0.2) is 11.5 Å². The fourth-order valence-electron chi connectivity index (χ4n) is 4.08. The van der Waals surface area contributed by atoms with Crippen LogP contribution in [0.4, 0.5) is 11.4 Å². The lowest BCUT2D eigenvalue weighted by atomic mass is 10.0. The first-order valence-corrected chi connectivity index (χ1v) is 11.8. The summed E-state index contributed by atoms with van der Waals surface area (Å²) < 4.78 is 17.0. The van der Waals surface area contributed by atoms with Gasteiger partial charge < -0.3 is 29.8 Å². The number of amides is 1. The van der Waals surface area contributed by atoms with E-state index >= 15 is 0 Å². The zero-order valence-corrected chi connectivity index (χ0v) is 17.7. The number of fused-ring (bicyclic) bond motifs is 2. The second kappa shape index (κ2) is 8.05. The van der Waals surface area contributed by atoms with Gasteiger partial charge in [-0.25, -0.2) is 0 Å². The highest BCUT2D eigenvalue weighted by molar-refractivity contribution is 7.91. The maximum Gasteiger partial charge on any atom is 0.258 e. The van der Waals surface area contributed by atoms with E-state index in [0.717, 1.165) is 28.2 Å². The molecule has 0 aliphatic carbocycles. The number of para-hydroxylation sites is 1. The van der Waals surface area contributed by atoms with Gasteiger partial charge in [-0.1, -0.05) is 24.3 Å². The van der Waals surface area contributed by atoms with Crippen LogP contribution in [0.5, 0.6) is 5.75 Å². The van der Waals surface area contributed by atoms with E-state index in [2.05, 4.69) is 10.6 Å². The largest absolute Gasteiger partial charge is 0.632 e. The van der Waals surface area contributed by atoms with Crippen molar-refractivity contribution in [2.45, 2.75) is 0 Å². The molecule has 0 unspecified atom stereocenters. The SMILES string of the molecule is O=C1Nc2ccccc2C1=C1C=Cc2cc(OCC[N+]3([O-])CC[S+]([O-])CC3)ccc2N1. The normalized spacial score (nSPS) is 26.6. The number of anilines is 2. The molecule has 2 aromatic carbocycles. The molecule has 31 heavy (non-hydrogen) atoms. The predicted molar refractivity (Wildman–Crippen MR) is 123 cm³/mol. The number of benzene rings is 2. The Kier molecular flexibility index (Phi) is 5.23. The standard InChI is InChI=1S/C23H23N3O4S/c27-23-22(18-3-1-2-4-20(18)25-23)21-7-5-16-15-17(6-8-19(16)24-21)30-12-9-26(28)10-13-31(29)14-11-26/h1-8,15,24H,9-14H2,(H,25,27). The van der Waals surface area contributed by atoms with Gasteiger partial charge in [-0.15, -0.1) is 0 Å². The summed E-state index contributed by atoms with van der Waals surface area (Å²) >= 11 is -0.848. The number of carbonyl (C=O) groups excluding carboxylic acids is 1. The average Bonchev–Trinajstić information content (AvgIpc) is 3.11. The fourth-order valence-corrected chi connectivity index (χ4v) is 5.35. The van der Waals surface area contributed by atoms with Gasteiger partial charge in [0.2, 0.25) is 0 Å². The van der Waals surface area contributed by atoms with E-state index in [9.17, 15) is 14.6 Å². The highest BCUT2D eigenvalue weighted by Crippen LogP contribution is 2.37. The van der Waals surface area contributed by atoms with Gasteiger partial charge in [0.1, 0.15) is 32.0 Å². The molecule has 0 atom stereocenters. The Morgan fingerprint density at radius 2 is 1.84 bits per heavy atom. The number of hydrogen-bond donors (Lipinski definition) is 2. The van der Waals surface area contributed by atoms with Crippen LogP contribution in [0, 0.1) is 5.21 Å². The number of nitrogens with one attached hydrogen (secondary N) is 2. The third-order valence-corrected chi connectivity index (χ3v) is 7.16. The summed E-state index contributed by atoms with van der Waals surface area (Å²) in [6.07, 6.45) is 3.85. The minimum atomic E-state index is -0.848. The van der Waals surface area contributed by atoms with Crippen molar-refractivity contribution >= 4 is 40.1 Å². The number of quaternary nitrogens is 1. The van der Waals surface area contributed by atoms with Crippen LogP contribution in [0.15, 0.2) is 54.2 Å². The van der Waals surface area contributed by atoms with E-state index < -0.39 is 11.2 Å².